The first-order valence-corrected chi connectivity index (χ1v) is 7.37. The van der Waals surface area contributed by atoms with E-state index in [4.69, 9.17) is 14.7 Å². The van der Waals surface area contributed by atoms with Gasteiger partial charge in [0.2, 0.25) is 0 Å². The highest BCUT2D eigenvalue weighted by molar-refractivity contribution is 5.91. The first kappa shape index (κ1) is 16.3. The zero-order valence-electron chi connectivity index (χ0n) is 12.9. The van der Waals surface area contributed by atoms with Gasteiger partial charge in [0.25, 0.3) is 0 Å². The number of carbonyl (C=O) groups excluding carboxylic acids is 1. The monoisotopic (exact) mass is 307 g/mol. The van der Waals surface area contributed by atoms with Crippen molar-refractivity contribution in [3.63, 3.8) is 0 Å². The van der Waals surface area contributed by atoms with Crippen molar-refractivity contribution in [2.24, 2.45) is 0 Å². The molecule has 0 unspecified atom stereocenters. The van der Waals surface area contributed by atoms with E-state index >= 15 is 0 Å². The summed E-state index contributed by atoms with van der Waals surface area (Å²) in [5, 5.41) is 8.73. The smallest absolute Gasteiger partial charge is 0.343 e. The van der Waals surface area contributed by atoms with Crippen LogP contribution in [0.1, 0.15) is 35.7 Å². The lowest BCUT2D eigenvalue weighted by molar-refractivity contribution is 0.0734. The van der Waals surface area contributed by atoms with Crippen molar-refractivity contribution < 1.29 is 14.3 Å². The van der Waals surface area contributed by atoms with Crippen LogP contribution in [0.3, 0.4) is 0 Å². The summed E-state index contributed by atoms with van der Waals surface area (Å²) in [6, 6.07) is 15.1. The molecule has 0 saturated carbocycles. The van der Waals surface area contributed by atoms with Crippen molar-refractivity contribution in [3.05, 3.63) is 72.0 Å². The summed E-state index contributed by atoms with van der Waals surface area (Å²) in [6.45, 7) is 2.10. The predicted octanol–water partition coefficient (Wildman–Crippen LogP) is 4.47. The summed E-state index contributed by atoms with van der Waals surface area (Å²) in [5.74, 6) is 0.604. The van der Waals surface area contributed by atoms with E-state index in [0.29, 0.717) is 22.6 Å². The third-order valence-electron chi connectivity index (χ3n) is 3.04. The van der Waals surface area contributed by atoms with Crippen molar-refractivity contribution in [2.45, 2.75) is 19.8 Å². The maximum Gasteiger partial charge on any atom is 0.343 e. The number of rotatable bonds is 6. The van der Waals surface area contributed by atoms with E-state index in [1.54, 1.807) is 54.8 Å². The van der Waals surface area contributed by atoms with E-state index in [2.05, 4.69) is 6.92 Å². The topological polar surface area (TPSA) is 59.3 Å². The Labute approximate surface area is 135 Å². The third-order valence-corrected chi connectivity index (χ3v) is 3.04. The molecule has 116 valence electrons. The van der Waals surface area contributed by atoms with Crippen LogP contribution in [0, 0.1) is 11.3 Å². The lowest BCUT2D eigenvalue weighted by Gasteiger charge is -2.05. The maximum atomic E-state index is 12.0. The lowest BCUT2D eigenvalue weighted by atomic mass is 10.2. The van der Waals surface area contributed by atoms with Crippen LogP contribution in [0.25, 0.3) is 0 Å². The van der Waals surface area contributed by atoms with Crippen LogP contribution in [0.4, 0.5) is 0 Å². The Morgan fingerprint density at radius 3 is 2.35 bits per heavy atom. The largest absolute Gasteiger partial charge is 0.465 e. The van der Waals surface area contributed by atoms with Crippen LogP contribution < -0.4 is 9.47 Å². The van der Waals surface area contributed by atoms with E-state index < -0.39 is 5.97 Å². The minimum Gasteiger partial charge on any atom is -0.465 e. The van der Waals surface area contributed by atoms with Crippen molar-refractivity contribution in [2.75, 3.05) is 0 Å². The van der Waals surface area contributed by atoms with Crippen LogP contribution in [0.15, 0.2) is 60.9 Å². The van der Waals surface area contributed by atoms with Crippen LogP contribution in [-0.2, 0) is 0 Å². The van der Waals surface area contributed by atoms with E-state index in [-0.39, 0.29) is 0 Å². The Morgan fingerprint density at radius 1 is 1.09 bits per heavy atom. The third kappa shape index (κ3) is 5.01. The van der Waals surface area contributed by atoms with Gasteiger partial charge in [-0.2, -0.15) is 5.26 Å². The van der Waals surface area contributed by atoms with Gasteiger partial charge >= 0.3 is 5.97 Å². The number of ether oxygens (including phenoxy) is 2. The first-order chi connectivity index (χ1) is 11.2. The molecule has 0 radical (unpaired) electrons. The zero-order valence-corrected chi connectivity index (χ0v) is 12.9. The number of nitrogens with zero attached hydrogens (tertiary/aromatic N) is 1. The van der Waals surface area contributed by atoms with Gasteiger partial charge in [0, 0.05) is 0 Å². The molecule has 0 saturated heterocycles. The quantitative estimate of drug-likeness (QED) is 0.449. The van der Waals surface area contributed by atoms with Gasteiger partial charge in [-0.15, -0.1) is 0 Å². The Balaban J connectivity index is 1.95. The highest BCUT2D eigenvalue weighted by Crippen LogP contribution is 2.16. The van der Waals surface area contributed by atoms with Crippen molar-refractivity contribution in [3.8, 4) is 17.6 Å². The van der Waals surface area contributed by atoms with E-state index in [0.717, 1.165) is 12.8 Å². The fourth-order valence-corrected chi connectivity index (χ4v) is 1.79. The lowest BCUT2D eigenvalue weighted by Crippen LogP contribution is -2.08. The van der Waals surface area contributed by atoms with Gasteiger partial charge in [-0.05, 0) is 61.0 Å². The average Bonchev–Trinajstić information content (AvgIpc) is 2.60. The molecule has 0 amide bonds. The molecule has 0 bridgehead atoms. The molecule has 4 nitrogen and oxygen atoms in total. The van der Waals surface area contributed by atoms with Gasteiger partial charge in [-0.3, -0.25) is 0 Å². The zero-order chi connectivity index (χ0) is 16.5. The second kappa shape index (κ2) is 8.40. The summed E-state index contributed by atoms with van der Waals surface area (Å²) in [4.78, 5) is 12.0. The molecule has 0 aromatic heterocycles. The van der Waals surface area contributed by atoms with Crippen LogP contribution in [-0.4, -0.2) is 5.97 Å². The number of nitriles is 1. The molecule has 0 fully saturated rings. The standard InChI is InChI=1S/C19H17NO3/c1-2-3-4-13-22-17-11-7-16(8-12-17)19(21)23-18-9-5-15(14-20)6-10-18/h4-13H,2-3H2,1H3. The minimum absolute atomic E-state index is 0.400. The first-order valence-electron chi connectivity index (χ1n) is 7.37. The average molecular weight is 307 g/mol. The van der Waals surface area contributed by atoms with Gasteiger partial charge in [-0.1, -0.05) is 13.3 Å². The van der Waals surface area contributed by atoms with Crippen LogP contribution >= 0.6 is 0 Å². The van der Waals surface area contributed by atoms with Crippen LogP contribution in [0.2, 0.25) is 0 Å². The summed E-state index contributed by atoms with van der Waals surface area (Å²) in [7, 11) is 0. The van der Waals surface area contributed by atoms with Gasteiger partial charge in [0.1, 0.15) is 11.5 Å². The molecule has 0 aliphatic heterocycles. The van der Waals surface area contributed by atoms with Gasteiger partial charge in [-0.25, -0.2) is 4.79 Å². The highest BCUT2D eigenvalue weighted by Gasteiger charge is 2.08. The van der Waals surface area contributed by atoms with Crippen molar-refractivity contribution in [1.82, 2.24) is 0 Å². The SMILES string of the molecule is CCCC=COc1ccc(C(=O)Oc2ccc(C#N)cc2)cc1. The van der Waals surface area contributed by atoms with Gasteiger partial charge < -0.3 is 9.47 Å². The minimum atomic E-state index is -0.456. The molecule has 0 heterocycles. The number of hydrogen-bond acceptors (Lipinski definition) is 4. The molecule has 0 N–H and O–H groups in total. The molecule has 0 aliphatic carbocycles. The molecule has 0 spiro atoms. The van der Waals surface area contributed by atoms with Gasteiger partial charge in [0.15, 0.2) is 0 Å². The van der Waals surface area contributed by atoms with E-state index in [1.165, 1.54) is 0 Å². The Morgan fingerprint density at radius 2 is 1.74 bits per heavy atom. The number of allylic oxidation sites excluding steroid dienone is 1. The normalized spacial score (nSPS) is 10.3. The second-order valence-corrected chi connectivity index (χ2v) is 4.83. The van der Waals surface area contributed by atoms with E-state index in [9.17, 15) is 4.79 Å². The number of benzene rings is 2. The van der Waals surface area contributed by atoms with Crippen LogP contribution in [0.5, 0.6) is 11.5 Å². The van der Waals surface area contributed by atoms with Crippen molar-refractivity contribution >= 4 is 5.97 Å². The Bertz CT molecular complexity index is 710. The summed E-state index contributed by atoms with van der Waals surface area (Å²) < 4.78 is 10.7. The Kier molecular flexibility index (Phi) is 5.96. The molecular formula is C19H17NO3. The maximum absolute atomic E-state index is 12.0. The molecule has 2 aromatic rings. The molecule has 23 heavy (non-hydrogen) atoms. The Hall–Kier alpha value is -3.06. The highest BCUT2D eigenvalue weighted by atomic mass is 16.5. The predicted molar refractivity (Wildman–Crippen MR) is 87.2 cm³/mol. The molecule has 4 heteroatoms. The molecule has 0 aliphatic rings. The molecular weight excluding hydrogens is 290 g/mol. The fraction of sp³-hybridized carbons (Fsp3) is 0.158. The van der Waals surface area contributed by atoms with Gasteiger partial charge in [0.05, 0.1) is 23.5 Å². The summed E-state index contributed by atoms with van der Waals surface area (Å²) in [6.07, 6.45) is 5.63. The molecule has 2 rings (SSSR count). The van der Waals surface area contributed by atoms with E-state index in [1.807, 2.05) is 12.1 Å². The summed E-state index contributed by atoms with van der Waals surface area (Å²) in [5.41, 5.74) is 0.946. The fourth-order valence-electron chi connectivity index (χ4n) is 1.79. The summed E-state index contributed by atoms with van der Waals surface area (Å²) >= 11 is 0. The second-order valence-electron chi connectivity index (χ2n) is 4.83. The molecule has 0 atom stereocenters. The number of esters is 1. The number of unbranched alkanes of at least 4 members (excludes halogenated alkanes) is 1. The molecule has 2 aromatic carbocycles. The number of carbonyl (C=O) groups is 1. The number of hydrogen-bond donors (Lipinski definition) is 0. The van der Waals surface area contributed by atoms with Crippen molar-refractivity contribution in [1.29, 1.82) is 5.26 Å².